The lowest BCUT2D eigenvalue weighted by molar-refractivity contribution is -0.121. The Balaban J connectivity index is 1.62. The van der Waals surface area contributed by atoms with Crippen molar-refractivity contribution in [1.82, 2.24) is 10.3 Å². The predicted octanol–water partition coefficient (Wildman–Crippen LogP) is 3.58. The van der Waals surface area contributed by atoms with Gasteiger partial charge in [-0.2, -0.15) is 0 Å². The first-order valence-electron chi connectivity index (χ1n) is 6.70. The van der Waals surface area contributed by atoms with Crippen LogP contribution in [0.1, 0.15) is 23.5 Å². The Morgan fingerprint density at radius 3 is 2.95 bits per heavy atom. The zero-order chi connectivity index (χ0) is 15.1. The van der Waals surface area contributed by atoms with Gasteiger partial charge in [0.15, 0.2) is 0 Å². The molecule has 0 saturated heterocycles. The van der Waals surface area contributed by atoms with Crippen LogP contribution in [0.5, 0.6) is 5.75 Å². The minimum Gasteiger partial charge on any atom is -0.492 e. The van der Waals surface area contributed by atoms with Crippen LogP contribution in [0, 0.1) is 6.92 Å². The maximum absolute atomic E-state index is 11.7. The third kappa shape index (κ3) is 5.36. The third-order valence-electron chi connectivity index (χ3n) is 2.75. The average Bonchev–Trinajstić information content (AvgIpc) is 2.89. The number of hydrogen-bond acceptors (Lipinski definition) is 4. The van der Waals surface area contributed by atoms with Crippen molar-refractivity contribution < 1.29 is 9.53 Å². The molecule has 1 heterocycles. The molecule has 0 saturated carbocycles. The van der Waals surface area contributed by atoms with E-state index >= 15 is 0 Å². The van der Waals surface area contributed by atoms with Gasteiger partial charge in [-0.05, 0) is 25.5 Å². The Labute approximate surface area is 133 Å². The normalized spacial score (nSPS) is 10.4. The van der Waals surface area contributed by atoms with Gasteiger partial charge >= 0.3 is 0 Å². The minimum atomic E-state index is 0.00520. The number of carbonyl (C=O) groups excluding carboxylic acids is 1. The van der Waals surface area contributed by atoms with Crippen molar-refractivity contribution in [3.63, 3.8) is 0 Å². The maximum atomic E-state index is 11.7. The van der Waals surface area contributed by atoms with Crippen molar-refractivity contribution in [2.75, 3.05) is 6.61 Å². The molecule has 0 fully saturated rings. The van der Waals surface area contributed by atoms with E-state index in [2.05, 4.69) is 10.3 Å². The lowest BCUT2D eigenvalue weighted by Gasteiger charge is -2.07. The van der Waals surface area contributed by atoms with E-state index in [4.69, 9.17) is 16.3 Å². The highest BCUT2D eigenvalue weighted by Crippen LogP contribution is 2.23. The Kier molecular flexibility index (Phi) is 6.02. The Morgan fingerprint density at radius 1 is 1.43 bits per heavy atom. The lowest BCUT2D eigenvalue weighted by Crippen LogP contribution is -2.22. The number of thiazole rings is 1. The Morgan fingerprint density at radius 2 is 2.24 bits per heavy atom. The standard InChI is InChI=1S/C15H17ClN2O2S/c1-11-10-21-15(18-11)9-17-14(19)7-4-8-20-13-6-3-2-5-12(13)16/h2-3,5-6,10H,4,7-9H2,1H3,(H,17,19). The van der Waals surface area contributed by atoms with Crippen LogP contribution in [-0.4, -0.2) is 17.5 Å². The summed E-state index contributed by atoms with van der Waals surface area (Å²) < 4.78 is 5.53. The van der Waals surface area contributed by atoms with Crippen LogP contribution in [-0.2, 0) is 11.3 Å². The number of benzene rings is 1. The SMILES string of the molecule is Cc1csc(CNC(=O)CCCOc2ccccc2Cl)n1. The molecule has 1 N–H and O–H groups in total. The van der Waals surface area contributed by atoms with E-state index < -0.39 is 0 Å². The second-order valence-electron chi connectivity index (χ2n) is 4.54. The van der Waals surface area contributed by atoms with Gasteiger partial charge in [-0.25, -0.2) is 4.98 Å². The van der Waals surface area contributed by atoms with Crippen LogP contribution in [0.15, 0.2) is 29.6 Å². The molecule has 21 heavy (non-hydrogen) atoms. The molecule has 4 nitrogen and oxygen atoms in total. The fraction of sp³-hybridized carbons (Fsp3) is 0.333. The zero-order valence-electron chi connectivity index (χ0n) is 11.8. The van der Waals surface area contributed by atoms with Crippen molar-refractivity contribution in [1.29, 1.82) is 0 Å². The molecule has 0 aliphatic carbocycles. The molecule has 1 aromatic carbocycles. The molecule has 0 aliphatic heterocycles. The topological polar surface area (TPSA) is 51.2 Å². The highest BCUT2D eigenvalue weighted by molar-refractivity contribution is 7.09. The summed E-state index contributed by atoms with van der Waals surface area (Å²) in [5, 5.41) is 6.33. The predicted molar refractivity (Wildman–Crippen MR) is 84.9 cm³/mol. The largest absolute Gasteiger partial charge is 0.492 e. The summed E-state index contributed by atoms with van der Waals surface area (Å²) in [6, 6.07) is 7.31. The third-order valence-corrected chi connectivity index (χ3v) is 4.02. The molecule has 0 radical (unpaired) electrons. The monoisotopic (exact) mass is 324 g/mol. The molecule has 1 aromatic heterocycles. The van der Waals surface area contributed by atoms with Crippen LogP contribution in [0.4, 0.5) is 0 Å². The maximum Gasteiger partial charge on any atom is 0.220 e. The van der Waals surface area contributed by atoms with Gasteiger partial charge < -0.3 is 10.1 Å². The summed E-state index contributed by atoms with van der Waals surface area (Å²) in [7, 11) is 0. The first kappa shape index (κ1) is 15.8. The second kappa shape index (κ2) is 8.00. The minimum absolute atomic E-state index is 0.00520. The van der Waals surface area contributed by atoms with Gasteiger partial charge in [0.05, 0.1) is 18.2 Å². The van der Waals surface area contributed by atoms with Crippen LogP contribution in [0.2, 0.25) is 5.02 Å². The van der Waals surface area contributed by atoms with E-state index in [1.165, 1.54) is 0 Å². The highest BCUT2D eigenvalue weighted by Gasteiger charge is 2.05. The number of rotatable bonds is 7. The van der Waals surface area contributed by atoms with E-state index in [0.717, 1.165) is 10.7 Å². The van der Waals surface area contributed by atoms with Gasteiger partial charge in [0.2, 0.25) is 5.91 Å². The van der Waals surface area contributed by atoms with E-state index in [1.807, 2.05) is 30.5 Å². The molecule has 0 bridgehead atoms. The van der Waals surface area contributed by atoms with Gasteiger partial charge in [-0.15, -0.1) is 11.3 Å². The molecule has 0 aliphatic rings. The summed E-state index contributed by atoms with van der Waals surface area (Å²) in [6.45, 7) is 2.89. The zero-order valence-corrected chi connectivity index (χ0v) is 13.3. The van der Waals surface area contributed by atoms with Crippen LogP contribution in [0.25, 0.3) is 0 Å². The molecule has 0 unspecified atom stereocenters. The first-order chi connectivity index (χ1) is 10.1. The number of para-hydroxylation sites is 1. The van der Waals surface area contributed by atoms with Crippen LogP contribution in [0.3, 0.4) is 0 Å². The quantitative estimate of drug-likeness (QED) is 0.792. The summed E-state index contributed by atoms with van der Waals surface area (Å²) in [4.78, 5) is 16.0. The van der Waals surface area contributed by atoms with Gasteiger partial charge in [0.1, 0.15) is 10.8 Å². The summed E-state index contributed by atoms with van der Waals surface area (Å²) >= 11 is 7.53. The van der Waals surface area contributed by atoms with E-state index in [-0.39, 0.29) is 5.91 Å². The van der Waals surface area contributed by atoms with Gasteiger partial charge in [0, 0.05) is 17.5 Å². The number of amides is 1. The Hall–Kier alpha value is -1.59. The van der Waals surface area contributed by atoms with Crippen LogP contribution < -0.4 is 10.1 Å². The molecule has 0 spiro atoms. The lowest BCUT2D eigenvalue weighted by atomic mass is 10.3. The molecule has 112 valence electrons. The smallest absolute Gasteiger partial charge is 0.220 e. The molecular weight excluding hydrogens is 308 g/mol. The fourth-order valence-corrected chi connectivity index (χ4v) is 2.62. The average molecular weight is 325 g/mol. The number of aryl methyl sites for hydroxylation is 1. The molecule has 2 aromatic rings. The Bertz CT molecular complexity index is 601. The molecular formula is C15H17ClN2O2S. The molecule has 0 atom stereocenters. The molecule has 6 heteroatoms. The number of nitrogens with one attached hydrogen (secondary N) is 1. The number of ether oxygens (including phenoxy) is 1. The summed E-state index contributed by atoms with van der Waals surface area (Å²) in [5.74, 6) is 0.656. The van der Waals surface area contributed by atoms with Gasteiger partial charge in [-0.3, -0.25) is 4.79 Å². The van der Waals surface area contributed by atoms with E-state index in [1.54, 1.807) is 17.4 Å². The number of aromatic nitrogens is 1. The van der Waals surface area contributed by atoms with Crippen LogP contribution >= 0.6 is 22.9 Å². The van der Waals surface area contributed by atoms with Crippen molar-refractivity contribution in [3.05, 3.63) is 45.4 Å². The van der Waals surface area contributed by atoms with Crippen molar-refractivity contribution in [2.45, 2.75) is 26.3 Å². The van der Waals surface area contributed by atoms with E-state index in [0.29, 0.717) is 36.8 Å². The van der Waals surface area contributed by atoms with Gasteiger partial charge in [0.25, 0.3) is 0 Å². The van der Waals surface area contributed by atoms with E-state index in [9.17, 15) is 4.79 Å². The number of hydrogen-bond donors (Lipinski definition) is 1. The fourth-order valence-electron chi connectivity index (χ4n) is 1.72. The number of halogens is 1. The van der Waals surface area contributed by atoms with Crippen molar-refractivity contribution in [2.24, 2.45) is 0 Å². The van der Waals surface area contributed by atoms with Gasteiger partial charge in [-0.1, -0.05) is 23.7 Å². The van der Waals surface area contributed by atoms with Crippen molar-refractivity contribution >= 4 is 28.8 Å². The number of carbonyl (C=O) groups is 1. The van der Waals surface area contributed by atoms with Crippen molar-refractivity contribution in [3.8, 4) is 5.75 Å². The summed E-state index contributed by atoms with van der Waals surface area (Å²) in [5.41, 5.74) is 0.984. The second-order valence-corrected chi connectivity index (χ2v) is 5.89. The molecule has 1 amide bonds. The molecule has 2 rings (SSSR count). The number of nitrogens with zero attached hydrogens (tertiary/aromatic N) is 1. The highest BCUT2D eigenvalue weighted by atomic mass is 35.5. The first-order valence-corrected chi connectivity index (χ1v) is 7.96. The summed E-state index contributed by atoms with van der Waals surface area (Å²) in [6.07, 6.45) is 1.07.